The standard InChI is InChI=1S/C11H8F3NO2/c1-17-10-5-8(6-16)7(2-3-15)4-9(10)11(12,13)14/h4-6H,2H2,1H3. The first kappa shape index (κ1) is 13.0. The highest BCUT2D eigenvalue weighted by Gasteiger charge is 2.35. The van der Waals surface area contributed by atoms with Crippen LogP contribution in [0.3, 0.4) is 0 Å². The predicted molar refractivity (Wildman–Crippen MR) is 52.7 cm³/mol. The zero-order valence-corrected chi connectivity index (χ0v) is 8.84. The lowest BCUT2D eigenvalue weighted by Crippen LogP contribution is -2.09. The maximum absolute atomic E-state index is 12.6. The van der Waals surface area contributed by atoms with E-state index in [1.807, 2.05) is 0 Å². The monoisotopic (exact) mass is 243 g/mol. The number of aldehydes is 1. The summed E-state index contributed by atoms with van der Waals surface area (Å²) in [6.07, 6.45) is -4.45. The fraction of sp³-hybridized carbons (Fsp3) is 0.273. The smallest absolute Gasteiger partial charge is 0.419 e. The molecule has 1 rings (SSSR count). The zero-order valence-electron chi connectivity index (χ0n) is 8.84. The second-order valence-corrected chi connectivity index (χ2v) is 3.20. The fourth-order valence-corrected chi connectivity index (χ4v) is 1.38. The minimum Gasteiger partial charge on any atom is -0.496 e. The predicted octanol–water partition coefficient (Wildman–Crippen LogP) is 2.59. The van der Waals surface area contributed by atoms with E-state index in [2.05, 4.69) is 4.74 Å². The molecule has 0 heterocycles. The van der Waals surface area contributed by atoms with Crippen molar-refractivity contribution in [1.82, 2.24) is 0 Å². The molecule has 90 valence electrons. The van der Waals surface area contributed by atoms with Crippen LogP contribution in [0.25, 0.3) is 0 Å². The molecular weight excluding hydrogens is 235 g/mol. The highest BCUT2D eigenvalue weighted by Crippen LogP contribution is 2.37. The van der Waals surface area contributed by atoms with E-state index < -0.39 is 17.5 Å². The molecule has 0 unspecified atom stereocenters. The summed E-state index contributed by atoms with van der Waals surface area (Å²) in [5.74, 6) is -0.429. The summed E-state index contributed by atoms with van der Waals surface area (Å²) in [4.78, 5) is 10.7. The van der Waals surface area contributed by atoms with Crippen molar-refractivity contribution in [2.45, 2.75) is 12.6 Å². The Hall–Kier alpha value is -2.03. The van der Waals surface area contributed by atoms with Gasteiger partial charge in [0.2, 0.25) is 0 Å². The van der Waals surface area contributed by atoms with Crippen molar-refractivity contribution in [1.29, 1.82) is 5.26 Å². The molecule has 0 saturated heterocycles. The first-order valence-corrected chi connectivity index (χ1v) is 4.54. The third-order valence-corrected chi connectivity index (χ3v) is 2.16. The van der Waals surface area contributed by atoms with Crippen molar-refractivity contribution in [3.63, 3.8) is 0 Å². The number of rotatable bonds is 3. The summed E-state index contributed by atoms with van der Waals surface area (Å²) in [6.45, 7) is 0. The molecular formula is C11H8F3NO2. The van der Waals surface area contributed by atoms with Gasteiger partial charge in [-0.15, -0.1) is 0 Å². The second-order valence-electron chi connectivity index (χ2n) is 3.20. The van der Waals surface area contributed by atoms with Gasteiger partial charge in [-0.2, -0.15) is 18.4 Å². The Bertz CT molecular complexity index is 475. The van der Waals surface area contributed by atoms with Crippen molar-refractivity contribution in [3.8, 4) is 11.8 Å². The molecule has 0 amide bonds. The minimum absolute atomic E-state index is 0.0244. The Labute approximate surface area is 95.4 Å². The number of methoxy groups -OCH3 is 1. The SMILES string of the molecule is COc1cc(C=O)c(CC#N)cc1C(F)(F)F. The second kappa shape index (κ2) is 4.87. The van der Waals surface area contributed by atoms with E-state index in [0.717, 1.165) is 19.2 Å². The maximum Gasteiger partial charge on any atom is 0.419 e. The highest BCUT2D eigenvalue weighted by atomic mass is 19.4. The Kier molecular flexibility index (Phi) is 3.73. The minimum atomic E-state index is -4.59. The van der Waals surface area contributed by atoms with Gasteiger partial charge in [-0.3, -0.25) is 4.79 Å². The molecule has 0 aromatic heterocycles. The quantitative estimate of drug-likeness (QED) is 0.766. The van der Waals surface area contributed by atoms with Crippen LogP contribution >= 0.6 is 0 Å². The third kappa shape index (κ3) is 2.75. The summed E-state index contributed by atoms with van der Waals surface area (Å²) in [6, 6.07) is 3.47. The molecule has 1 aromatic carbocycles. The van der Waals surface area contributed by atoms with Crippen LogP contribution in [0, 0.1) is 11.3 Å². The summed E-state index contributed by atoms with van der Waals surface area (Å²) in [7, 11) is 1.09. The molecule has 0 bridgehead atoms. The highest BCUT2D eigenvalue weighted by molar-refractivity contribution is 5.79. The molecule has 0 aliphatic carbocycles. The van der Waals surface area contributed by atoms with Gasteiger partial charge in [0.05, 0.1) is 25.2 Å². The van der Waals surface area contributed by atoms with Crippen LogP contribution in [-0.4, -0.2) is 13.4 Å². The number of benzene rings is 1. The van der Waals surface area contributed by atoms with E-state index >= 15 is 0 Å². The van der Waals surface area contributed by atoms with E-state index in [-0.39, 0.29) is 17.5 Å². The molecule has 6 heteroatoms. The van der Waals surface area contributed by atoms with Gasteiger partial charge in [0.25, 0.3) is 0 Å². The Morgan fingerprint density at radius 1 is 1.47 bits per heavy atom. The molecule has 0 atom stereocenters. The number of nitriles is 1. The summed E-state index contributed by atoms with van der Waals surface area (Å²) in [5.41, 5.74) is -0.928. The van der Waals surface area contributed by atoms with Gasteiger partial charge in [0, 0.05) is 5.56 Å². The van der Waals surface area contributed by atoms with Crippen LogP contribution < -0.4 is 4.74 Å². The molecule has 0 fully saturated rings. The molecule has 0 radical (unpaired) electrons. The fourth-order valence-electron chi connectivity index (χ4n) is 1.38. The van der Waals surface area contributed by atoms with Crippen LogP contribution in [0.4, 0.5) is 13.2 Å². The van der Waals surface area contributed by atoms with Gasteiger partial charge in [-0.1, -0.05) is 0 Å². The van der Waals surface area contributed by atoms with Gasteiger partial charge in [-0.25, -0.2) is 0 Å². The van der Waals surface area contributed by atoms with Gasteiger partial charge in [0.15, 0.2) is 6.29 Å². The van der Waals surface area contributed by atoms with Gasteiger partial charge >= 0.3 is 6.18 Å². The number of alkyl halides is 3. The van der Waals surface area contributed by atoms with Crippen molar-refractivity contribution in [2.24, 2.45) is 0 Å². The van der Waals surface area contributed by atoms with E-state index in [4.69, 9.17) is 5.26 Å². The normalized spacial score (nSPS) is 10.8. The van der Waals surface area contributed by atoms with Crippen LogP contribution in [0.5, 0.6) is 5.75 Å². The number of ether oxygens (including phenoxy) is 1. The van der Waals surface area contributed by atoms with E-state index in [1.165, 1.54) is 0 Å². The number of hydrogen-bond acceptors (Lipinski definition) is 3. The molecule has 0 saturated carbocycles. The number of halogens is 3. The first-order valence-electron chi connectivity index (χ1n) is 4.54. The number of carbonyl (C=O) groups excluding carboxylic acids is 1. The molecule has 0 spiro atoms. The van der Waals surface area contributed by atoms with Crippen molar-refractivity contribution >= 4 is 6.29 Å². The van der Waals surface area contributed by atoms with Crippen LogP contribution in [0.1, 0.15) is 21.5 Å². The van der Waals surface area contributed by atoms with Gasteiger partial charge < -0.3 is 4.74 Å². The van der Waals surface area contributed by atoms with Crippen molar-refractivity contribution < 1.29 is 22.7 Å². The van der Waals surface area contributed by atoms with Gasteiger partial charge in [-0.05, 0) is 17.7 Å². The molecule has 0 N–H and O–H groups in total. The summed E-state index contributed by atoms with van der Waals surface area (Å²) in [5, 5.41) is 8.48. The van der Waals surface area contributed by atoms with Crippen LogP contribution in [0.15, 0.2) is 12.1 Å². The summed E-state index contributed by atoms with van der Waals surface area (Å²) < 4.78 is 42.5. The average molecular weight is 243 g/mol. The molecule has 3 nitrogen and oxygen atoms in total. The van der Waals surface area contributed by atoms with Crippen LogP contribution in [0.2, 0.25) is 0 Å². The number of hydrogen-bond donors (Lipinski definition) is 0. The topological polar surface area (TPSA) is 50.1 Å². The number of carbonyl (C=O) groups is 1. The van der Waals surface area contributed by atoms with Crippen LogP contribution in [-0.2, 0) is 12.6 Å². The molecule has 0 aliphatic rings. The molecule has 1 aromatic rings. The maximum atomic E-state index is 12.6. The third-order valence-electron chi connectivity index (χ3n) is 2.16. The molecule has 17 heavy (non-hydrogen) atoms. The van der Waals surface area contributed by atoms with Gasteiger partial charge in [0.1, 0.15) is 5.75 Å². The van der Waals surface area contributed by atoms with E-state index in [1.54, 1.807) is 6.07 Å². The largest absolute Gasteiger partial charge is 0.496 e. The van der Waals surface area contributed by atoms with Crippen molar-refractivity contribution in [2.75, 3.05) is 7.11 Å². The lowest BCUT2D eigenvalue weighted by Gasteiger charge is -2.14. The zero-order chi connectivity index (χ0) is 13.1. The summed E-state index contributed by atoms with van der Waals surface area (Å²) >= 11 is 0. The Balaban J connectivity index is 3.45. The van der Waals surface area contributed by atoms with E-state index in [0.29, 0.717) is 6.29 Å². The lowest BCUT2D eigenvalue weighted by molar-refractivity contribution is -0.138. The Morgan fingerprint density at radius 3 is 2.53 bits per heavy atom. The molecule has 0 aliphatic heterocycles. The van der Waals surface area contributed by atoms with Crippen molar-refractivity contribution in [3.05, 3.63) is 28.8 Å². The first-order chi connectivity index (χ1) is 7.93. The Morgan fingerprint density at radius 2 is 2.12 bits per heavy atom. The van der Waals surface area contributed by atoms with E-state index in [9.17, 15) is 18.0 Å². The average Bonchev–Trinajstić information content (AvgIpc) is 2.27. The lowest BCUT2D eigenvalue weighted by atomic mass is 10.0. The number of nitrogens with zero attached hydrogens (tertiary/aromatic N) is 1.